The molecule has 0 aromatic carbocycles. The van der Waals surface area contributed by atoms with Crippen LogP contribution in [0.5, 0.6) is 0 Å². The molecule has 7 nitrogen and oxygen atoms in total. The highest BCUT2D eigenvalue weighted by molar-refractivity contribution is 5.48. The summed E-state index contributed by atoms with van der Waals surface area (Å²) in [7, 11) is 0. The number of rotatable bonds is 5. The molecule has 1 saturated heterocycles. The lowest BCUT2D eigenvalue weighted by molar-refractivity contribution is 0.620. The minimum absolute atomic E-state index is 0.587. The molecule has 4 heterocycles. The zero-order valence-electron chi connectivity index (χ0n) is 13.8. The minimum atomic E-state index is 0.587. The standard InChI is InChI=1S/C17H21N7/c1-2-14-9-16(24-17(22-14)20-12-21-24)23-8-6-13(11-23)10-19-15-5-3-4-7-18-15/h3-5,7,9,12-13H,2,6,8,10-11H2,1H3,(H,18,19)/t13-/m1/s1. The highest BCUT2D eigenvalue weighted by Crippen LogP contribution is 2.24. The van der Waals surface area contributed by atoms with Crippen molar-refractivity contribution in [1.82, 2.24) is 24.6 Å². The summed E-state index contributed by atoms with van der Waals surface area (Å²) >= 11 is 0. The molecular weight excluding hydrogens is 302 g/mol. The normalized spacial score (nSPS) is 17.5. The first-order valence-electron chi connectivity index (χ1n) is 8.43. The van der Waals surface area contributed by atoms with Crippen LogP contribution in [0.4, 0.5) is 11.6 Å². The van der Waals surface area contributed by atoms with Gasteiger partial charge < -0.3 is 10.2 Å². The van der Waals surface area contributed by atoms with Crippen LogP contribution in [0.25, 0.3) is 5.78 Å². The van der Waals surface area contributed by atoms with Gasteiger partial charge in [0.15, 0.2) is 0 Å². The molecule has 0 amide bonds. The van der Waals surface area contributed by atoms with Crippen LogP contribution in [0, 0.1) is 5.92 Å². The topological polar surface area (TPSA) is 71.2 Å². The SMILES string of the molecule is CCc1cc(N2CC[C@H](CNc3ccccn3)C2)n2ncnc2n1. The summed E-state index contributed by atoms with van der Waals surface area (Å²) in [6.45, 7) is 5.07. The van der Waals surface area contributed by atoms with Gasteiger partial charge in [-0.3, -0.25) is 0 Å². The van der Waals surface area contributed by atoms with Crippen molar-refractivity contribution in [3.05, 3.63) is 42.5 Å². The van der Waals surface area contributed by atoms with E-state index in [2.05, 4.69) is 43.3 Å². The van der Waals surface area contributed by atoms with Crippen LogP contribution in [0.3, 0.4) is 0 Å². The largest absolute Gasteiger partial charge is 0.370 e. The van der Waals surface area contributed by atoms with Gasteiger partial charge in [-0.1, -0.05) is 13.0 Å². The molecule has 0 aliphatic carbocycles. The van der Waals surface area contributed by atoms with Crippen molar-refractivity contribution < 1.29 is 0 Å². The molecule has 1 N–H and O–H groups in total. The van der Waals surface area contributed by atoms with E-state index in [-0.39, 0.29) is 0 Å². The number of nitrogens with zero attached hydrogens (tertiary/aromatic N) is 6. The van der Waals surface area contributed by atoms with Crippen LogP contribution in [-0.4, -0.2) is 44.2 Å². The van der Waals surface area contributed by atoms with E-state index in [1.54, 1.807) is 6.33 Å². The Bertz CT molecular complexity index is 814. The predicted octanol–water partition coefficient (Wildman–Crippen LogP) is 2.02. The van der Waals surface area contributed by atoms with E-state index >= 15 is 0 Å². The fourth-order valence-electron chi connectivity index (χ4n) is 3.17. The Balaban J connectivity index is 1.47. The quantitative estimate of drug-likeness (QED) is 0.774. The van der Waals surface area contributed by atoms with Crippen LogP contribution in [0.1, 0.15) is 19.0 Å². The van der Waals surface area contributed by atoms with Gasteiger partial charge in [-0.2, -0.15) is 14.6 Å². The Morgan fingerprint density at radius 1 is 1.29 bits per heavy atom. The second-order valence-electron chi connectivity index (χ2n) is 6.13. The van der Waals surface area contributed by atoms with Crippen LogP contribution >= 0.6 is 0 Å². The molecule has 0 unspecified atom stereocenters. The molecule has 4 rings (SSSR count). The first-order valence-corrected chi connectivity index (χ1v) is 8.43. The third-order valence-corrected chi connectivity index (χ3v) is 4.49. The number of aryl methyl sites for hydroxylation is 1. The Morgan fingerprint density at radius 2 is 2.25 bits per heavy atom. The van der Waals surface area contributed by atoms with E-state index in [9.17, 15) is 0 Å². The van der Waals surface area contributed by atoms with E-state index in [1.165, 1.54) is 0 Å². The van der Waals surface area contributed by atoms with E-state index in [0.29, 0.717) is 11.7 Å². The monoisotopic (exact) mass is 323 g/mol. The number of fused-ring (bicyclic) bond motifs is 1. The molecule has 24 heavy (non-hydrogen) atoms. The average molecular weight is 323 g/mol. The van der Waals surface area contributed by atoms with E-state index < -0.39 is 0 Å². The number of hydrogen-bond acceptors (Lipinski definition) is 6. The Morgan fingerprint density at radius 3 is 3.08 bits per heavy atom. The molecule has 1 aliphatic heterocycles. The van der Waals surface area contributed by atoms with Crippen molar-refractivity contribution in [2.45, 2.75) is 19.8 Å². The summed E-state index contributed by atoms with van der Waals surface area (Å²) < 4.78 is 1.84. The molecule has 1 aliphatic rings. The lowest BCUT2D eigenvalue weighted by Gasteiger charge is -2.20. The molecule has 0 saturated carbocycles. The second kappa shape index (κ2) is 6.43. The maximum atomic E-state index is 4.52. The Kier molecular flexibility index (Phi) is 3.98. The third kappa shape index (κ3) is 2.89. The Hall–Kier alpha value is -2.70. The molecule has 0 spiro atoms. The van der Waals surface area contributed by atoms with E-state index in [0.717, 1.165) is 49.8 Å². The third-order valence-electron chi connectivity index (χ3n) is 4.49. The zero-order valence-corrected chi connectivity index (χ0v) is 13.8. The molecule has 3 aromatic heterocycles. The maximum Gasteiger partial charge on any atom is 0.254 e. The molecule has 1 fully saturated rings. The second-order valence-corrected chi connectivity index (χ2v) is 6.13. The zero-order chi connectivity index (χ0) is 16.4. The molecular formula is C17H21N7. The van der Waals surface area contributed by atoms with Gasteiger partial charge in [0.05, 0.1) is 0 Å². The van der Waals surface area contributed by atoms with E-state index in [1.807, 2.05) is 28.9 Å². The molecule has 1 atom stereocenters. The van der Waals surface area contributed by atoms with Crippen molar-refractivity contribution >= 4 is 17.4 Å². The fourth-order valence-corrected chi connectivity index (χ4v) is 3.17. The van der Waals surface area contributed by atoms with Crippen LogP contribution in [0.15, 0.2) is 36.8 Å². The highest BCUT2D eigenvalue weighted by atomic mass is 15.4. The lowest BCUT2D eigenvalue weighted by atomic mass is 10.1. The van der Waals surface area contributed by atoms with Crippen molar-refractivity contribution in [2.24, 2.45) is 5.92 Å². The van der Waals surface area contributed by atoms with Crippen molar-refractivity contribution in [3.8, 4) is 0 Å². The maximum absolute atomic E-state index is 4.52. The summed E-state index contributed by atoms with van der Waals surface area (Å²) in [6.07, 6.45) is 5.43. The van der Waals surface area contributed by atoms with Gasteiger partial charge in [0.25, 0.3) is 5.78 Å². The van der Waals surface area contributed by atoms with E-state index in [4.69, 9.17) is 0 Å². The molecule has 7 heteroatoms. The lowest BCUT2D eigenvalue weighted by Crippen LogP contribution is -2.25. The summed E-state index contributed by atoms with van der Waals surface area (Å²) in [4.78, 5) is 15.5. The summed E-state index contributed by atoms with van der Waals surface area (Å²) in [6, 6.07) is 8.07. The fraction of sp³-hybridized carbons (Fsp3) is 0.412. The van der Waals surface area contributed by atoms with Crippen molar-refractivity contribution in [1.29, 1.82) is 0 Å². The van der Waals surface area contributed by atoms with Gasteiger partial charge in [0, 0.05) is 37.6 Å². The highest BCUT2D eigenvalue weighted by Gasteiger charge is 2.25. The van der Waals surface area contributed by atoms with Crippen LogP contribution in [-0.2, 0) is 6.42 Å². The first kappa shape index (κ1) is 14.9. The van der Waals surface area contributed by atoms with Gasteiger partial charge in [0.1, 0.15) is 18.0 Å². The van der Waals surface area contributed by atoms with Gasteiger partial charge >= 0.3 is 0 Å². The molecule has 3 aromatic rings. The number of pyridine rings is 1. The van der Waals surface area contributed by atoms with Gasteiger partial charge in [0.2, 0.25) is 0 Å². The number of hydrogen-bond donors (Lipinski definition) is 1. The van der Waals surface area contributed by atoms with Crippen molar-refractivity contribution in [2.75, 3.05) is 29.9 Å². The summed E-state index contributed by atoms with van der Waals surface area (Å²) in [5, 5.41) is 7.76. The minimum Gasteiger partial charge on any atom is -0.370 e. The van der Waals surface area contributed by atoms with Crippen LogP contribution < -0.4 is 10.2 Å². The molecule has 0 bridgehead atoms. The number of anilines is 2. The van der Waals surface area contributed by atoms with Gasteiger partial charge in [-0.15, -0.1) is 0 Å². The predicted molar refractivity (Wildman–Crippen MR) is 93.2 cm³/mol. The van der Waals surface area contributed by atoms with Gasteiger partial charge in [-0.25, -0.2) is 9.97 Å². The van der Waals surface area contributed by atoms with Crippen molar-refractivity contribution in [3.63, 3.8) is 0 Å². The number of aromatic nitrogens is 5. The van der Waals surface area contributed by atoms with Crippen LogP contribution in [0.2, 0.25) is 0 Å². The smallest absolute Gasteiger partial charge is 0.254 e. The average Bonchev–Trinajstić information content (AvgIpc) is 3.29. The van der Waals surface area contributed by atoms with Gasteiger partial charge in [-0.05, 0) is 30.9 Å². The molecule has 0 radical (unpaired) electrons. The Labute approximate surface area is 140 Å². The molecule has 124 valence electrons. The first-order chi connectivity index (χ1) is 11.8. The summed E-state index contributed by atoms with van der Waals surface area (Å²) in [5.74, 6) is 3.30. The summed E-state index contributed by atoms with van der Waals surface area (Å²) in [5.41, 5.74) is 1.06. The number of nitrogens with one attached hydrogen (secondary N) is 1.